The third kappa shape index (κ3) is 5.90. The number of hydrogen-bond acceptors (Lipinski definition) is 6. The van der Waals surface area contributed by atoms with E-state index in [0.29, 0.717) is 26.3 Å². The molecule has 1 amide bonds. The zero-order valence-corrected chi connectivity index (χ0v) is 16.6. The van der Waals surface area contributed by atoms with Gasteiger partial charge < -0.3 is 20.3 Å². The van der Waals surface area contributed by atoms with E-state index in [0.717, 1.165) is 6.07 Å². The number of nitrogens with one attached hydrogen (secondary N) is 2. The SMILES string of the molecule is CC.CNc1cc(N2CCOCC2)c(C(=O)NCC(F)(F)C(F)(F)F)cc1[N+](=O)[O-]. The fourth-order valence-corrected chi connectivity index (χ4v) is 2.56. The summed E-state index contributed by atoms with van der Waals surface area (Å²) < 4.78 is 68.3. The Labute approximate surface area is 169 Å². The van der Waals surface area contributed by atoms with Gasteiger partial charge in [-0.2, -0.15) is 22.0 Å². The summed E-state index contributed by atoms with van der Waals surface area (Å²) in [5, 5.41) is 15.3. The number of benzene rings is 1. The van der Waals surface area contributed by atoms with Crippen molar-refractivity contribution >= 4 is 23.0 Å². The monoisotopic (exact) mass is 442 g/mol. The van der Waals surface area contributed by atoms with Crippen LogP contribution < -0.4 is 15.5 Å². The van der Waals surface area contributed by atoms with Crippen molar-refractivity contribution in [2.75, 3.05) is 50.1 Å². The molecule has 1 aliphatic rings. The largest absolute Gasteiger partial charge is 0.455 e. The summed E-state index contributed by atoms with van der Waals surface area (Å²) in [5.74, 6) is -6.42. The summed E-state index contributed by atoms with van der Waals surface area (Å²) in [6.45, 7) is 3.21. The molecule has 8 nitrogen and oxygen atoms in total. The average Bonchev–Trinajstić information content (AvgIpc) is 2.72. The first kappa shape index (κ1) is 25.3. The van der Waals surface area contributed by atoms with Gasteiger partial charge in [0.2, 0.25) is 0 Å². The summed E-state index contributed by atoms with van der Waals surface area (Å²) in [5.41, 5.74) is -0.687. The van der Waals surface area contributed by atoms with Crippen LogP contribution in [0.25, 0.3) is 0 Å². The van der Waals surface area contributed by atoms with Gasteiger partial charge >= 0.3 is 12.1 Å². The number of carbonyl (C=O) groups is 1. The lowest BCUT2D eigenvalue weighted by Crippen LogP contribution is -2.47. The molecule has 1 heterocycles. The Morgan fingerprint density at radius 2 is 1.77 bits per heavy atom. The molecule has 0 atom stereocenters. The number of rotatable bonds is 6. The van der Waals surface area contributed by atoms with Crippen molar-refractivity contribution in [3.8, 4) is 0 Å². The van der Waals surface area contributed by atoms with Gasteiger partial charge in [-0.05, 0) is 6.07 Å². The number of alkyl halides is 5. The fourth-order valence-electron chi connectivity index (χ4n) is 2.56. The quantitative estimate of drug-likeness (QED) is 0.398. The maximum absolute atomic E-state index is 13.1. The van der Waals surface area contributed by atoms with Crippen LogP contribution in [-0.2, 0) is 4.74 Å². The average molecular weight is 442 g/mol. The maximum Gasteiger partial charge on any atom is 0.455 e. The third-order valence-electron chi connectivity index (χ3n) is 4.06. The minimum absolute atomic E-state index is 0.0589. The number of carbonyl (C=O) groups excluding carboxylic acids is 1. The van der Waals surface area contributed by atoms with Crippen molar-refractivity contribution in [3.63, 3.8) is 0 Å². The molecule has 13 heteroatoms. The number of nitro groups is 1. The van der Waals surface area contributed by atoms with Crippen LogP contribution in [0, 0.1) is 10.1 Å². The number of anilines is 2. The molecule has 0 bridgehead atoms. The van der Waals surface area contributed by atoms with E-state index in [9.17, 15) is 36.9 Å². The first-order valence-corrected chi connectivity index (χ1v) is 9.03. The normalized spacial score (nSPS) is 14.5. The van der Waals surface area contributed by atoms with Crippen LogP contribution in [0.4, 0.5) is 39.0 Å². The molecule has 30 heavy (non-hydrogen) atoms. The number of morpholine rings is 1. The van der Waals surface area contributed by atoms with Crippen LogP contribution in [-0.4, -0.2) is 62.8 Å². The van der Waals surface area contributed by atoms with Crippen molar-refractivity contribution in [2.24, 2.45) is 0 Å². The molecule has 0 aromatic heterocycles. The lowest BCUT2D eigenvalue weighted by Gasteiger charge is -2.30. The Morgan fingerprint density at radius 3 is 2.23 bits per heavy atom. The Balaban J connectivity index is 0.00000218. The summed E-state index contributed by atoms with van der Waals surface area (Å²) >= 11 is 0. The van der Waals surface area contributed by atoms with E-state index < -0.39 is 35.2 Å². The van der Waals surface area contributed by atoms with Gasteiger partial charge in [-0.15, -0.1) is 0 Å². The second kappa shape index (κ2) is 10.4. The van der Waals surface area contributed by atoms with Crippen molar-refractivity contribution in [1.82, 2.24) is 5.32 Å². The van der Waals surface area contributed by atoms with Crippen molar-refractivity contribution in [3.05, 3.63) is 27.8 Å². The minimum atomic E-state index is -5.84. The van der Waals surface area contributed by atoms with Gasteiger partial charge in [-0.1, -0.05) is 13.8 Å². The van der Waals surface area contributed by atoms with Crippen LogP contribution in [0.1, 0.15) is 24.2 Å². The predicted octanol–water partition coefficient (Wildman–Crippen LogP) is 3.43. The highest BCUT2D eigenvalue weighted by atomic mass is 19.4. The molecule has 1 aliphatic heterocycles. The first-order chi connectivity index (χ1) is 14.0. The molecule has 0 aliphatic carbocycles. The van der Waals surface area contributed by atoms with Gasteiger partial charge in [0.15, 0.2) is 0 Å². The molecule has 0 saturated carbocycles. The Bertz CT molecular complexity index is 752. The molecule has 0 spiro atoms. The van der Waals surface area contributed by atoms with Crippen LogP contribution in [0.3, 0.4) is 0 Å². The number of nitrogens with zero attached hydrogens (tertiary/aromatic N) is 2. The summed E-state index contributed by atoms with van der Waals surface area (Å²) in [6.07, 6.45) is -5.84. The summed E-state index contributed by atoms with van der Waals surface area (Å²) in [6, 6.07) is 2.12. The van der Waals surface area contributed by atoms with Gasteiger partial charge in [0.1, 0.15) is 5.69 Å². The first-order valence-electron chi connectivity index (χ1n) is 9.03. The van der Waals surface area contributed by atoms with Crippen molar-refractivity contribution in [2.45, 2.75) is 25.9 Å². The van der Waals surface area contributed by atoms with E-state index in [1.165, 1.54) is 18.4 Å². The number of hydrogen-bond donors (Lipinski definition) is 2. The number of ether oxygens (including phenoxy) is 1. The predicted molar refractivity (Wildman–Crippen MR) is 100 cm³/mol. The molecular weight excluding hydrogens is 419 g/mol. The maximum atomic E-state index is 13.1. The van der Waals surface area contributed by atoms with E-state index in [4.69, 9.17) is 4.74 Å². The zero-order valence-electron chi connectivity index (χ0n) is 16.6. The van der Waals surface area contributed by atoms with Crippen LogP contribution in [0.15, 0.2) is 12.1 Å². The molecule has 1 aromatic carbocycles. The fraction of sp³-hybridized carbons (Fsp3) is 0.588. The van der Waals surface area contributed by atoms with Crippen LogP contribution in [0.2, 0.25) is 0 Å². The van der Waals surface area contributed by atoms with E-state index in [1.807, 2.05) is 13.8 Å². The summed E-state index contributed by atoms with van der Waals surface area (Å²) in [4.78, 5) is 24.4. The van der Waals surface area contributed by atoms with E-state index in [1.54, 1.807) is 4.90 Å². The number of nitro benzene ring substituents is 1. The van der Waals surface area contributed by atoms with Crippen LogP contribution >= 0.6 is 0 Å². The third-order valence-corrected chi connectivity index (χ3v) is 4.06. The van der Waals surface area contributed by atoms with Gasteiger partial charge in [-0.3, -0.25) is 14.9 Å². The number of halogens is 5. The highest BCUT2D eigenvalue weighted by Gasteiger charge is 2.57. The van der Waals surface area contributed by atoms with Gasteiger partial charge in [-0.25, -0.2) is 0 Å². The van der Waals surface area contributed by atoms with Crippen molar-refractivity contribution in [1.29, 1.82) is 0 Å². The highest BCUT2D eigenvalue weighted by Crippen LogP contribution is 2.36. The van der Waals surface area contributed by atoms with E-state index >= 15 is 0 Å². The molecular formula is C17H23F5N4O4. The Hall–Kier alpha value is -2.70. The second-order valence-corrected chi connectivity index (χ2v) is 5.88. The van der Waals surface area contributed by atoms with Crippen LogP contribution in [0.5, 0.6) is 0 Å². The molecule has 1 saturated heterocycles. The molecule has 170 valence electrons. The zero-order chi connectivity index (χ0) is 23.1. The lowest BCUT2D eigenvalue weighted by molar-refractivity contribution is -0.384. The highest BCUT2D eigenvalue weighted by molar-refractivity contribution is 6.02. The Morgan fingerprint density at radius 1 is 1.20 bits per heavy atom. The summed E-state index contributed by atoms with van der Waals surface area (Å²) in [7, 11) is 1.41. The van der Waals surface area contributed by atoms with E-state index in [-0.39, 0.29) is 16.9 Å². The van der Waals surface area contributed by atoms with Gasteiger partial charge in [0.25, 0.3) is 11.6 Å². The molecule has 2 N–H and O–H groups in total. The molecule has 0 radical (unpaired) electrons. The molecule has 2 rings (SSSR count). The van der Waals surface area contributed by atoms with Crippen molar-refractivity contribution < 1.29 is 36.4 Å². The van der Waals surface area contributed by atoms with E-state index in [2.05, 4.69) is 5.32 Å². The van der Waals surface area contributed by atoms with Gasteiger partial charge in [0, 0.05) is 26.2 Å². The molecule has 1 fully saturated rings. The topological polar surface area (TPSA) is 96.7 Å². The number of amides is 1. The smallest absolute Gasteiger partial charge is 0.383 e. The lowest BCUT2D eigenvalue weighted by atomic mass is 10.1. The molecule has 0 unspecified atom stereocenters. The second-order valence-electron chi connectivity index (χ2n) is 5.88. The molecule has 1 aromatic rings. The minimum Gasteiger partial charge on any atom is -0.383 e. The Kier molecular flexibility index (Phi) is 8.75. The standard InChI is InChI=1S/C15H17F5N4O4.C2H6/c1-21-10-7-11(23-2-4-28-5-3-23)9(6-12(10)24(26)27)13(25)22-8-14(16,17)15(18,19)20;1-2/h6-7,21H,2-5,8H2,1H3,(H,22,25);1-2H3. The van der Waals surface area contributed by atoms with Gasteiger partial charge in [0.05, 0.1) is 35.9 Å².